The summed E-state index contributed by atoms with van der Waals surface area (Å²) in [6, 6.07) is 7.99. The van der Waals surface area contributed by atoms with Crippen molar-refractivity contribution in [2.75, 3.05) is 11.9 Å². The first kappa shape index (κ1) is 14.1. The summed E-state index contributed by atoms with van der Waals surface area (Å²) < 4.78 is 1.53. The van der Waals surface area contributed by atoms with Crippen LogP contribution < -0.4 is 16.6 Å². The lowest BCUT2D eigenvalue weighted by atomic mass is 10.2. The number of benzene rings is 1. The predicted molar refractivity (Wildman–Crippen MR) is 80.4 cm³/mol. The van der Waals surface area contributed by atoms with E-state index in [1.807, 2.05) is 38.1 Å². The van der Waals surface area contributed by atoms with Crippen LogP contribution in [0.2, 0.25) is 0 Å². The molecule has 0 saturated carbocycles. The van der Waals surface area contributed by atoms with Crippen molar-refractivity contribution in [3.8, 4) is 0 Å². The van der Waals surface area contributed by atoms with Gasteiger partial charge in [0, 0.05) is 30.5 Å². The lowest BCUT2D eigenvalue weighted by Crippen LogP contribution is -2.33. The van der Waals surface area contributed by atoms with Gasteiger partial charge in [-0.2, -0.15) is 0 Å². The number of para-hydroxylation sites is 1. The van der Waals surface area contributed by atoms with Gasteiger partial charge in [0.1, 0.15) is 0 Å². The van der Waals surface area contributed by atoms with Crippen LogP contribution in [0.3, 0.4) is 0 Å². The fourth-order valence-electron chi connectivity index (χ4n) is 2.05. The van der Waals surface area contributed by atoms with Crippen LogP contribution in [0.1, 0.15) is 18.1 Å². The average molecular weight is 273 g/mol. The molecule has 0 atom stereocenters. The smallest absolute Gasteiger partial charge is 0.328 e. The highest BCUT2D eigenvalue weighted by molar-refractivity contribution is 5.50. The summed E-state index contributed by atoms with van der Waals surface area (Å²) in [5, 5.41) is 3.29. The molecule has 5 heteroatoms. The first-order chi connectivity index (χ1) is 9.61. The molecule has 0 bridgehead atoms. The summed E-state index contributed by atoms with van der Waals surface area (Å²) in [5.41, 5.74) is 2.19. The van der Waals surface area contributed by atoms with Gasteiger partial charge in [0.15, 0.2) is 0 Å². The molecule has 0 amide bonds. The van der Waals surface area contributed by atoms with Gasteiger partial charge in [-0.05, 0) is 25.0 Å². The van der Waals surface area contributed by atoms with Crippen molar-refractivity contribution in [1.29, 1.82) is 0 Å². The third-order valence-electron chi connectivity index (χ3n) is 3.28. The van der Waals surface area contributed by atoms with E-state index >= 15 is 0 Å². The molecule has 0 fully saturated rings. The van der Waals surface area contributed by atoms with E-state index < -0.39 is 0 Å². The van der Waals surface area contributed by atoms with Crippen LogP contribution in [-0.2, 0) is 13.0 Å². The molecule has 2 rings (SSSR count). The Kier molecular flexibility index (Phi) is 4.40. The minimum atomic E-state index is -0.362. The zero-order chi connectivity index (χ0) is 14.5. The van der Waals surface area contributed by atoms with E-state index in [0.717, 1.165) is 11.3 Å². The molecule has 20 heavy (non-hydrogen) atoms. The van der Waals surface area contributed by atoms with Crippen LogP contribution in [-0.4, -0.2) is 16.1 Å². The van der Waals surface area contributed by atoms with Crippen molar-refractivity contribution < 1.29 is 0 Å². The van der Waals surface area contributed by atoms with E-state index in [1.54, 1.807) is 6.20 Å². The number of aromatic nitrogens is 2. The summed E-state index contributed by atoms with van der Waals surface area (Å²) in [4.78, 5) is 25.5. The fraction of sp³-hybridized carbons (Fsp3) is 0.333. The van der Waals surface area contributed by atoms with Gasteiger partial charge in [-0.1, -0.05) is 25.1 Å². The summed E-state index contributed by atoms with van der Waals surface area (Å²) >= 11 is 0. The van der Waals surface area contributed by atoms with Crippen molar-refractivity contribution in [3.63, 3.8) is 0 Å². The molecule has 1 heterocycles. The van der Waals surface area contributed by atoms with Crippen molar-refractivity contribution in [2.24, 2.45) is 0 Å². The lowest BCUT2D eigenvalue weighted by Gasteiger charge is -2.11. The third-order valence-corrected chi connectivity index (χ3v) is 3.28. The van der Waals surface area contributed by atoms with Crippen LogP contribution in [0.15, 0.2) is 40.1 Å². The van der Waals surface area contributed by atoms with E-state index in [4.69, 9.17) is 0 Å². The highest BCUT2D eigenvalue weighted by atomic mass is 16.2. The molecule has 1 aromatic carbocycles. The number of hydrogen-bond donors (Lipinski definition) is 2. The molecule has 0 aliphatic rings. The van der Waals surface area contributed by atoms with Crippen LogP contribution >= 0.6 is 0 Å². The zero-order valence-electron chi connectivity index (χ0n) is 11.8. The monoisotopic (exact) mass is 273 g/mol. The van der Waals surface area contributed by atoms with Crippen LogP contribution in [0.4, 0.5) is 5.69 Å². The maximum atomic E-state index is 11.7. The molecule has 0 aliphatic carbocycles. The second-order valence-electron chi connectivity index (χ2n) is 4.70. The number of hydrogen-bond acceptors (Lipinski definition) is 3. The van der Waals surface area contributed by atoms with Crippen molar-refractivity contribution >= 4 is 5.69 Å². The predicted octanol–water partition coefficient (Wildman–Crippen LogP) is 1.52. The SMILES string of the molecule is CCc1cn(CCNc2ccccc2C)c(=O)[nH]c1=O. The van der Waals surface area contributed by atoms with Gasteiger partial charge in [-0.15, -0.1) is 0 Å². The second kappa shape index (κ2) is 6.23. The second-order valence-corrected chi connectivity index (χ2v) is 4.70. The van der Waals surface area contributed by atoms with Crippen LogP contribution in [0.25, 0.3) is 0 Å². The van der Waals surface area contributed by atoms with Gasteiger partial charge < -0.3 is 5.32 Å². The molecular weight excluding hydrogens is 254 g/mol. The number of anilines is 1. The van der Waals surface area contributed by atoms with Crippen molar-refractivity contribution in [3.05, 3.63) is 62.4 Å². The summed E-state index contributed by atoms with van der Waals surface area (Å²) in [5.74, 6) is 0. The molecule has 1 aromatic heterocycles. The van der Waals surface area contributed by atoms with Crippen molar-refractivity contribution in [2.45, 2.75) is 26.8 Å². The normalized spacial score (nSPS) is 10.5. The summed E-state index contributed by atoms with van der Waals surface area (Å²) in [6.07, 6.45) is 2.25. The molecule has 106 valence electrons. The number of rotatable bonds is 5. The number of H-pyrrole nitrogens is 1. The lowest BCUT2D eigenvalue weighted by molar-refractivity contribution is 0.660. The topological polar surface area (TPSA) is 66.9 Å². The van der Waals surface area contributed by atoms with Crippen molar-refractivity contribution in [1.82, 2.24) is 9.55 Å². The maximum Gasteiger partial charge on any atom is 0.328 e. The van der Waals surface area contributed by atoms with Crippen LogP contribution in [0.5, 0.6) is 0 Å². The van der Waals surface area contributed by atoms with Gasteiger partial charge >= 0.3 is 5.69 Å². The molecule has 0 spiro atoms. The van der Waals surface area contributed by atoms with Gasteiger partial charge in [0.05, 0.1) is 0 Å². The van der Waals surface area contributed by atoms with Gasteiger partial charge in [0.2, 0.25) is 0 Å². The fourth-order valence-corrected chi connectivity index (χ4v) is 2.05. The van der Waals surface area contributed by atoms with Gasteiger partial charge in [-0.25, -0.2) is 4.79 Å². The Morgan fingerprint density at radius 2 is 2.00 bits per heavy atom. The Hall–Kier alpha value is -2.30. The third kappa shape index (κ3) is 3.17. The summed E-state index contributed by atoms with van der Waals surface area (Å²) in [7, 11) is 0. The molecule has 0 saturated heterocycles. The van der Waals surface area contributed by atoms with E-state index in [0.29, 0.717) is 25.1 Å². The van der Waals surface area contributed by atoms with E-state index in [2.05, 4.69) is 10.3 Å². The summed E-state index contributed by atoms with van der Waals surface area (Å²) in [6.45, 7) is 5.06. The Labute approximate surface area is 117 Å². The van der Waals surface area contributed by atoms with E-state index in [1.165, 1.54) is 4.57 Å². The first-order valence-corrected chi connectivity index (χ1v) is 6.74. The minimum Gasteiger partial charge on any atom is -0.383 e. The minimum absolute atomic E-state index is 0.291. The number of aromatic amines is 1. The van der Waals surface area contributed by atoms with E-state index in [9.17, 15) is 9.59 Å². The van der Waals surface area contributed by atoms with Gasteiger partial charge in [0.25, 0.3) is 5.56 Å². The van der Waals surface area contributed by atoms with Crippen LogP contribution in [0, 0.1) is 6.92 Å². The van der Waals surface area contributed by atoms with E-state index in [-0.39, 0.29) is 11.2 Å². The number of aryl methyl sites for hydroxylation is 2. The molecule has 2 N–H and O–H groups in total. The zero-order valence-corrected chi connectivity index (χ0v) is 11.8. The highest BCUT2D eigenvalue weighted by Gasteiger charge is 2.03. The molecule has 0 radical (unpaired) electrons. The molecule has 5 nitrogen and oxygen atoms in total. The van der Waals surface area contributed by atoms with Gasteiger partial charge in [-0.3, -0.25) is 14.3 Å². The number of nitrogens with zero attached hydrogens (tertiary/aromatic N) is 1. The Morgan fingerprint density at radius 3 is 2.70 bits per heavy atom. The molecule has 0 unspecified atom stereocenters. The Morgan fingerprint density at radius 1 is 1.25 bits per heavy atom. The molecule has 2 aromatic rings. The molecule has 0 aliphatic heterocycles. The largest absolute Gasteiger partial charge is 0.383 e. The number of nitrogens with one attached hydrogen (secondary N) is 2. The Bertz CT molecular complexity index is 701. The Balaban J connectivity index is 2.07. The standard InChI is InChI=1S/C15H19N3O2/c1-3-12-10-18(15(20)17-14(12)19)9-8-16-13-7-5-4-6-11(13)2/h4-7,10,16H,3,8-9H2,1-2H3,(H,17,19,20). The first-order valence-electron chi connectivity index (χ1n) is 6.74. The average Bonchev–Trinajstić information content (AvgIpc) is 2.43. The maximum absolute atomic E-state index is 11.7. The highest BCUT2D eigenvalue weighted by Crippen LogP contribution is 2.12. The molecular formula is C15H19N3O2. The quantitative estimate of drug-likeness (QED) is 0.868.